The molecule has 0 amide bonds. The van der Waals surface area contributed by atoms with Crippen LogP contribution in [0.2, 0.25) is 0 Å². The third-order valence-corrected chi connectivity index (χ3v) is 2.88. The van der Waals surface area contributed by atoms with Gasteiger partial charge in [0.05, 0.1) is 6.10 Å². The standard InChI is InChI=1S/C11H24N2O/c1-11(2,12-3)9-13(4)8-10-6-5-7-14-10/h10,12H,5-9H2,1-4H3. The summed E-state index contributed by atoms with van der Waals surface area (Å²) in [7, 11) is 4.18. The van der Waals surface area contributed by atoms with Gasteiger partial charge in [0.1, 0.15) is 0 Å². The minimum Gasteiger partial charge on any atom is -0.377 e. The van der Waals surface area contributed by atoms with Crippen molar-refractivity contribution < 1.29 is 4.74 Å². The molecule has 0 radical (unpaired) electrons. The molecule has 1 saturated heterocycles. The Morgan fingerprint density at radius 1 is 1.50 bits per heavy atom. The molecular formula is C11H24N2O. The van der Waals surface area contributed by atoms with Crippen molar-refractivity contribution in [3.05, 3.63) is 0 Å². The minimum atomic E-state index is 0.188. The predicted octanol–water partition coefficient (Wildman–Crippen LogP) is 1.10. The molecule has 0 spiro atoms. The van der Waals surface area contributed by atoms with Crippen LogP contribution in [0.15, 0.2) is 0 Å². The molecule has 0 bridgehead atoms. The van der Waals surface area contributed by atoms with Gasteiger partial charge in [-0.25, -0.2) is 0 Å². The van der Waals surface area contributed by atoms with E-state index in [0.29, 0.717) is 6.10 Å². The van der Waals surface area contributed by atoms with Gasteiger partial charge in [-0.15, -0.1) is 0 Å². The van der Waals surface area contributed by atoms with Crippen LogP contribution in [0.5, 0.6) is 0 Å². The van der Waals surface area contributed by atoms with Crippen LogP contribution in [-0.2, 0) is 4.74 Å². The molecule has 1 unspecified atom stereocenters. The molecule has 0 aromatic carbocycles. The zero-order valence-electron chi connectivity index (χ0n) is 9.97. The molecule has 1 heterocycles. The lowest BCUT2D eigenvalue weighted by Crippen LogP contribution is -2.47. The Morgan fingerprint density at radius 2 is 2.21 bits per heavy atom. The molecule has 84 valence electrons. The van der Waals surface area contributed by atoms with Crippen molar-refractivity contribution >= 4 is 0 Å². The van der Waals surface area contributed by atoms with Crippen molar-refractivity contribution in [2.24, 2.45) is 0 Å². The van der Waals surface area contributed by atoms with Crippen LogP contribution in [0.3, 0.4) is 0 Å². The highest BCUT2D eigenvalue weighted by atomic mass is 16.5. The van der Waals surface area contributed by atoms with E-state index in [1.807, 2.05) is 7.05 Å². The molecule has 1 atom stereocenters. The van der Waals surface area contributed by atoms with Gasteiger partial charge in [0.25, 0.3) is 0 Å². The van der Waals surface area contributed by atoms with Gasteiger partial charge in [0.2, 0.25) is 0 Å². The number of hydrogen-bond acceptors (Lipinski definition) is 3. The Bertz CT molecular complexity index is 165. The second kappa shape index (κ2) is 5.10. The van der Waals surface area contributed by atoms with Gasteiger partial charge in [0.15, 0.2) is 0 Å². The van der Waals surface area contributed by atoms with Gasteiger partial charge >= 0.3 is 0 Å². The number of hydrogen-bond donors (Lipinski definition) is 1. The molecule has 3 nitrogen and oxygen atoms in total. The van der Waals surface area contributed by atoms with Crippen LogP contribution < -0.4 is 5.32 Å². The average Bonchev–Trinajstić information content (AvgIpc) is 2.55. The van der Waals surface area contributed by atoms with Crippen molar-refractivity contribution in [2.75, 3.05) is 33.8 Å². The van der Waals surface area contributed by atoms with Gasteiger partial charge in [-0.05, 0) is 40.8 Å². The Balaban J connectivity index is 2.23. The maximum Gasteiger partial charge on any atom is 0.0702 e. The summed E-state index contributed by atoms with van der Waals surface area (Å²) < 4.78 is 5.61. The Morgan fingerprint density at radius 3 is 2.71 bits per heavy atom. The van der Waals surface area contributed by atoms with E-state index in [1.54, 1.807) is 0 Å². The minimum absolute atomic E-state index is 0.188. The lowest BCUT2D eigenvalue weighted by atomic mass is 10.1. The van der Waals surface area contributed by atoms with E-state index in [-0.39, 0.29) is 5.54 Å². The quantitative estimate of drug-likeness (QED) is 0.719. The Kier molecular flexibility index (Phi) is 4.35. The summed E-state index contributed by atoms with van der Waals surface area (Å²) in [5.74, 6) is 0. The lowest BCUT2D eigenvalue weighted by molar-refractivity contribution is 0.0744. The molecule has 14 heavy (non-hydrogen) atoms. The first-order valence-corrected chi connectivity index (χ1v) is 5.52. The van der Waals surface area contributed by atoms with Crippen molar-refractivity contribution in [3.63, 3.8) is 0 Å². The second-order valence-electron chi connectivity index (χ2n) is 4.97. The number of rotatable bonds is 5. The SMILES string of the molecule is CNC(C)(C)CN(C)CC1CCCO1. The number of nitrogens with one attached hydrogen (secondary N) is 1. The van der Waals surface area contributed by atoms with E-state index in [1.165, 1.54) is 12.8 Å². The van der Waals surface area contributed by atoms with Crippen molar-refractivity contribution in [3.8, 4) is 0 Å². The van der Waals surface area contributed by atoms with Crippen LogP contribution >= 0.6 is 0 Å². The summed E-state index contributed by atoms with van der Waals surface area (Å²) in [6, 6.07) is 0. The maximum atomic E-state index is 5.61. The monoisotopic (exact) mass is 200 g/mol. The molecule has 1 aliphatic rings. The molecule has 0 aromatic rings. The van der Waals surface area contributed by atoms with Gasteiger partial charge in [-0.3, -0.25) is 0 Å². The maximum absolute atomic E-state index is 5.61. The zero-order valence-corrected chi connectivity index (χ0v) is 9.97. The van der Waals surface area contributed by atoms with Gasteiger partial charge < -0.3 is 15.0 Å². The van der Waals surface area contributed by atoms with E-state index < -0.39 is 0 Å². The molecule has 0 saturated carbocycles. The van der Waals surface area contributed by atoms with Gasteiger partial charge in [0, 0.05) is 25.2 Å². The summed E-state index contributed by atoms with van der Waals surface area (Å²) in [5, 5.41) is 3.31. The van der Waals surface area contributed by atoms with Crippen LogP contribution in [0, 0.1) is 0 Å². The fourth-order valence-electron chi connectivity index (χ4n) is 1.95. The van der Waals surface area contributed by atoms with E-state index >= 15 is 0 Å². The molecular weight excluding hydrogens is 176 g/mol. The molecule has 1 rings (SSSR count). The van der Waals surface area contributed by atoms with E-state index in [9.17, 15) is 0 Å². The van der Waals surface area contributed by atoms with Crippen LogP contribution in [-0.4, -0.2) is 50.3 Å². The summed E-state index contributed by atoms with van der Waals surface area (Å²) in [6.07, 6.45) is 2.92. The highest BCUT2D eigenvalue weighted by Gasteiger charge is 2.21. The highest BCUT2D eigenvalue weighted by Crippen LogP contribution is 2.13. The van der Waals surface area contributed by atoms with Gasteiger partial charge in [-0.2, -0.15) is 0 Å². The zero-order chi connectivity index (χ0) is 10.6. The van der Waals surface area contributed by atoms with Crippen LogP contribution in [0.4, 0.5) is 0 Å². The first-order valence-electron chi connectivity index (χ1n) is 5.52. The highest BCUT2D eigenvalue weighted by molar-refractivity contribution is 4.80. The average molecular weight is 200 g/mol. The van der Waals surface area contributed by atoms with E-state index in [0.717, 1.165) is 19.7 Å². The van der Waals surface area contributed by atoms with Crippen molar-refractivity contribution in [1.29, 1.82) is 0 Å². The Labute approximate surface area is 87.8 Å². The Hall–Kier alpha value is -0.120. The lowest BCUT2D eigenvalue weighted by Gasteiger charge is -2.31. The number of nitrogens with zero attached hydrogens (tertiary/aromatic N) is 1. The summed E-state index contributed by atoms with van der Waals surface area (Å²) in [5.41, 5.74) is 0.188. The summed E-state index contributed by atoms with van der Waals surface area (Å²) in [6.45, 7) is 7.51. The van der Waals surface area contributed by atoms with Crippen molar-refractivity contribution in [2.45, 2.75) is 38.3 Å². The number of ether oxygens (including phenoxy) is 1. The normalized spacial score (nSPS) is 23.4. The molecule has 1 aliphatic heterocycles. The molecule has 1 N–H and O–H groups in total. The smallest absolute Gasteiger partial charge is 0.0702 e. The first kappa shape index (κ1) is 12.0. The molecule has 0 aromatic heterocycles. The van der Waals surface area contributed by atoms with Crippen molar-refractivity contribution in [1.82, 2.24) is 10.2 Å². The van der Waals surface area contributed by atoms with E-state index in [2.05, 4.69) is 31.1 Å². The third-order valence-electron chi connectivity index (χ3n) is 2.88. The predicted molar refractivity (Wildman–Crippen MR) is 59.6 cm³/mol. The second-order valence-corrected chi connectivity index (χ2v) is 4.97. The fourth-order valence-corrected chi connectivity index (χ4v) is 1.95. The molecule has 0 aliphatic carbocycles. The van der Waals surface area contributed by atoms with E-state index in [4.69, 9.17) is 4.74 Å². The number of likely N-dealkylation sites (N-methyl/N-ethyl adjacent to an activating group) is 2. The summed E-state index contributed by atoms with van der Waals surface area (Å²) in [4.78, 5) is 2.35. The summed E-state index contributed by atoms with van der Waals surface area (Å²) >= 11 is 0. The van der Waals surface area contributed by atoms with Gasteiger partial charge in [-0.1, -0.05) is 0 Å². The molecule has 3 heteroatoms. The first-order chi connectivity index (χ1) is 6.53. The fraction of sp³-hybridized carbons (Fsp3) is 1.00. The van der Waals surface area contributed by atoms with Crippen LogP contribution in [0.25, 0.3) is 0 Å². The van der Waals surface area contributed by atoms with Crippen LogP contribution in [0.1, 0.15) is 26.7 Å². The third kappa shape index (κ3) is 3.95. The largest absolute Gasteiger partial charge is 0.377 e. The topological polar surface area (TPSA) is 24.5 Å². The molecule has 1 fully saturated rings.